The van der Waals surface area contributed by atoms with E-state index >= 15 is 0 Å². The van der Waals surface area contributed by atoms with Crippen LogP contribution in [0.1, 0.15) is 37.5 Å². The SMILES string of the molecule is CC(C)(C)[Si](C)(C)OC[C@H]1O[C@@H]([Se]c2ccccc2)[C@H](OCc2ccccc2)[C@@H](OCc2ccccc2)[C@H]1OCc1ccccc1. The summed E-state index contributed by atoms with van der Waals surface area (Å²) in [5.74, 6) is 0. The quantitative estimate of drug-likeness (QED) is 0.127. The molecule has 4 aromatic carbocycles. The zero-order chi connectivity index (χ0) is 32.4. The fourth-order valence-corrected chi connectivity index (χ4v) is 8.54. The number of rotatable bonds is 14. The monoisotopic (exact) mass is 704 g/mol. The van der Waals surface area contributed by atoms with E-state index in [4.69, 9.17) is 23.4 Å². The molecule has 1 saturated heterocycles. The summed E-state index contributed by atoms with van der Waals surface area (Å²) >= 11 is -0.0450. The summed E-state index contributed by atoms with van der Waals surface area (Å²) in [6.07, 6.45) is -1.47. The van der Waals surface area contributed by atoms with E-state index in [1.165, 1.54) is 4.46 Å². The van der Waals surface area contributed by atoms with Crippen molar-refractivity contribution in [3.05, 3.63) is 138 Å². The van der Waals surface area contributed by atoms with Crippen LogP contribution in [0, 0.1) is 0 Å². The zero-order valence-corrected chi connectivity index (χ0v) is 30.4. The molecule has 7 heteroatoms. The molecule has 0 unspecified atom stereocenters. The summed E-state index contributed by atoms with van der Waals surface area (Å²) in [7, 11) is -2.07. The number of ether oxygens (including phenoxy) is 4. The Labute approximate surface area is 282 Å². The van der Waals surface area contributed by atoms with Crippen molar-refractivity contribution in [2.45, 2.75) is 88.1 Å². The number of hydrogen-bond acceptors (Lipinski definition) is 5. The molecule has 0 saturated carbocycles. The predicted octanol–water partition coefficient (Wildman–Crippen LogP) is 7.52. The first-order chi connectivity index (χ1) is 22.2. The zero-order valence-electron chi connectivity index (χ0n) is 27.7. The second kappa shape index (κ2) is 16.5. The molecular weight excluding hydrogens is 655 g/mol. The van der Waals surface area contributed by atoms with Crippen molar-refractivity contribution in [2.75, 3.05) is 6.61 Å². The Kier molecular flexibility index (Phi) is 12.5. The molecule has 1 aliphatic rings. The van der Waals surface area contributed by atoms with Crippen LogP contribution in [0.5, 0.6) is 0 Å². The van der Waals surface area contributed by atoms with Crippen molar-refractivity contribution in [1.82, 2.24) is 0 Å². The van der Waals surface area contributed by atoms with Gasteiger partial charge in [0.2, 0.25) is 0 Å². The molecule has 0 aliphatic carbocycles. The third-order valence-electron chi connectivity index (χ3n) is 8.86. The Balaban J connectivity index is 1.50. The maximum atomic E-state index is 7.08. The molecule has 46 heavy (non-hydrogen) atoms. The molecule has 1 fully saturated rings. The van der Waals surface area contributed by atoms with Crippen LogP contribution in [-0.2, 0) is 43.2 Å². The minimum atomic E-state index is -2.07. The van der Waals surface area contributed by atoms with Crippen LogP contribution in [0.3, 0.4) is 0 Å². The van der Waals surface area contributed by atoms with Gasteiger partial charge in [-0.3, -0.25) is 0 Å². The summed E-state index contributed by atoms with van der Waals surface area (Å²) in [4.78, 5) is 0. The average Bonchev–Trinajstić information content (AvgIpc) is 3.06. The van der Waals surface area contributed by atoms with Crippen LogP contribution in [0.4, 0.5) is 0 Å². The van der Waals surface area contributed by atoms with Gasteiger partial charge in [-0.15, -0.1) is 0 Å². The van der Waals surface area contributed by atoms with Crippen LogP contribution in [-0.4, -0.2) is 59.3 Å². The molecule has 5 atom stereocenters. The topological polar surface area (TPSA) is 46.2 Å². The molecule has 1 aliphatic heterocycles. The van der Waals surface area contributed by atoms with E-state index in [-0.39, 0.29) is 43.3 Å². The molecule has 244 valence electrons. The first-order valence-corrected chi connectivity index (χ1v) is 20.9. The van der Waals surface area contributed by atoms with E-state index in [2.05, 4.69) is 101 Å². The molecule has 0 bridgehead atoms. The third-order valence-corrected chi connectivity index (χ3v) is 15.8. The molecule has 0 N–H and O–H groups in total. The standard InChI is InChI=1S/C39H48O5SeSi/c1-39(2,3)46(4,5)43-29-34-35(40-26-30-18-10-6-11-19-30)36(41-27-31-20-12-7-13-21-31)37(42-28-32-22-14-8-15-23-32)38(44-34)45-33-24-16-9-17-25-33/h6-25,34-38H,26-29H2,1-5H3/t34-,35+,36+,37-,38+/m1/s1. The Morgan fingerprint density at radius 3 is 1.46 bits per heavy atom. The Bertz CT molecular complexity index is 1430. The van der Waals surface area contributed by atoms with E-state index in [9.17, 15) is 0 Å². The average molecular weight is 704 g/mol. The van der Waals surface area contributed by atoms with Gasteiger partial charge in [0.1, 0.15) is 0 Å². The molecule has 1 heterocycles. The van der Waals surface area contributed by atoms with Crippen LogP contribution < -0.4 is 4.46 Å². The van der Waals surface area contributed by atoms with Crippen LogP contribution in [0.2, 0.25) is 18.1 Å². The van der Waals surface area contributed by atoms with Crippen molar-refractivity contribution in [3.63, 3.8) is 0 Å². The van der Waals surface area contributed by atoms with Crippen LogP contribution in [0.25, 0.3) is 0 Å². The normalized spacial score (nSPS) is 22.1. The van der Waals surface area contributed by atoms with Gasteiger partial charge in [0, 0.05) is 0 Å². The molecule has 0 radical (unpaired) electrons. The third kappa shape index (κ3) is 9.72. The van der Waals surface area contributed by atoms with Gasteiger partial charge in [-0.1, -0.05) is 0 Å². The second-order valence-electron chi connectivity index (χ2n) is 13.3. The van der Waals surface area contributed by atoms with E-state index in [1.54, 1.807) is 0 Å². The molecule has 0 amide bonds. The van der Waals surface area contributed by atoms with Crippen LogP contribution in [0.15, 0.2) is 121 Å². The van der Waals surface area contributed by atoms with Gasteiger partial charge in [0.15, 0.2) is 0 Å². The number of benzene rings is 4. The maximum absolute atomic E-state index is 7.08. The summed E-state index contributed by atoms with van der Waals surface area (Å²) < 4.78 is 35.7. The second-order valence-corrected chi connectivity index (χ2v) is 20.6. The van der Waals surface area contributed by atoms with E-state index in [0.717, 1.165) is 16.7 Å². The first-order valence-electron chi connectivity index (χ1n) is 16.2. The molecule has 0 aromatic heterocycles. The molecule has 4 aromatic rings. The summed E-state index contributed by atoms with van der Waals surface area (Å²) in [6.45, 7) is 13.2. The fourth-order valence-electron chi connectivity index (χ4n) is 5.11. The summed E-state index contributed by atoms with van der Waals surface area (Å²) in [5.41, 5.74) is 3.32. The Hall–Kier alpha value is -2.58. The summed E-state index contributed by atoms with van der Waals surface area (Å²) in [5, 5.41) is -0.135. The van der Waals surface area contributed by atoms with Gasteiger partial charge < -0.3 is 0 Å². The van der Waals surface area contributed by atoms with Crippen molar-refractivity contribution < 1.29 is 23.4 Å². The Morgan fingerprint density at radius 1 is 0.587 bits per heavy atom. The van der Waals surface area contributed by atoms with E-state index in [1.807, 2.05) is 54.6 Å². The van der Waals surface area contributed by atoms with Gasteiger partial charge >= 0.3 is 284 Å². The van der Waals surface area contributed by atoms with E-state index < -0.39 is 14.4 Å². The predicted molar refractivity (Wildman–Crippen MR) is 189 cm³/mol. The first kappa shape index (κ1) is 34.7. The number of hydrogen-bond donors (Lipinski definition) is 0. The van der Waals surface area contributed by atoms with Gasteiger partial charge in [-0.25, -0.2) is 0 Å². The van der Waals surface area contributed by atoms with Gasteiger partial charge in [0.05, 0.1) is 0 Å². The van der Waals surface area contributed by atoms with Gasteiger partial charge in [-0.2, -0.15) is 0 Å². The molecule has 5 nitrogen and oxygen atoms in total. The van der Waals surface area contributed by atoms with E-state index in [0.29, 0.717) is 26.4 Å². The van der Waals surface area contributed by atoms with Crippen molar-refractivity contribution in [1.29, 1.82) is 0 Å². The molecular formula is C39H48O5SeSi. The minimum absolute atomic E-state index is 0.0450. The summed E-state index contributed by atoms with van der Waals surface area (Å²) in [6, 6.07) is 41.5. The Morgan fingerprint density at radius 2 is 1.00 bits per heavy atom. The molecule has 5 rings (SSSR count). The van der Waals surface area contributed by atoms with Crippen LogP contribution >= 0.6 is 0 Å². The van der Waals surface area contributed by atoms with Crippen molar-refractivity contribution in [3.8, 4) is 0 Å². The van der Waals surface area contributed by atoms with Crippen molar-refractivity contribution >= 4 is 27.7 Å². The van der Waals surface area contributed by atoms with Crippen molar-refractivity contribution in [2.24, 2.45) is 0 Å². The van der Waals surface area contributed by atoms with Gasteiger partial charge in [-0.05, 0) is 0 Å². The van der Waals surface area contributed by atoms with Gasteiger partial charge in [0.25, 0.3) is 0 Å². The molecule has 0 spiro atoms. The fraction of sp³-hybridized carbons (Fsp3) is 0.385.